The molecule has 136 valence electrons. The number of aromatic nitrogens is 2. The minimum Gasteiger partial charge on any atom is -0.357 e. The van der Waals surface area contributed by atoms with E-state index in [1.807, 2.05) is 37.1 Å². The van der Waals surface area contributed by atoms with Crippen molar-refractivity contribution in [2.24, 2.45) is 12.0 Å². The molecule has 0 aliphatic rings. The molecule has 0 spiro atoms. The highest BCUT2D eigenvalue weighted by Crippen LogP contribution is 2.10. The van der Waals surface area contributed by atoms with Crippen LogP contribution in [0.4, 0.5) is 4.39 Å². The van der Waals surface area contributed by atoms with E-state index in [2.05, 4.69) is 27.6 Å². The van der Waals surface area contributed by atoms with E-state index >= 15 is 0 Å². The first kappa shape index (κ1) is 19.0. The Labute approximate surface area is 149 Å². The molecular weight excluding hydrogens is 317 g/mol. The normalized spacial score (nSPS) is 11.6. The molecule has 1 aromatic carbocycles. The molecule has 2 aromatic rings. The summed E-state index contributed by atoms with van der Waals surface area (Å²) in [6.45, 7) is 6.35. The molecular formula is C19H28FN5. The van der Waals surface area contributed by atoms with Crippen molar-refractivity contribution in [3.05, 3.63) is 53.1 Å². The predicted molar refractivity (Wildman–Crippen MR) is 100 cm³/mol. The van der Waals surface area contributed by atoms with Crippen LogP contribution in [-0.4, -0.2) is 35.4 Å². The molecule has 0 aliphatic heterocycles. The maximum atomic E-state index is 13.1. The van der Waals surface area contributed by atoms with E-state index in [1.165, 1.54) is 11.6 Å². The van der Waals surface area contributed by atoms with Crippen molar-refractivity contribution in [1.82, 2.24) is 20.4 Å². The Morgan fingerprint density at radius 2 is 2.12 bits per heavy atom. The van der Waals surface area contributed by atoms with Gasteiger partial charge in [0.2, 0.25) is 0 Å². The van der Waals surface area contributed by atoms with Gasteiger partial charge in [0.15, 0.2) is 5.96 Å². The molecule has 0 saturated carbocycles. The number of aryl methyl sites for hydroxylation is 3. The molecule has 6 heteroatoms. The van der Waals surface area contributed by atoms with E-state index < -0.39 is 0 Å². The van der Waals surface area contributed by atoms with Gasteiger partial charge < -0.3 is 10.6 Å². The number of aliphatic imine (C=N–C) groups is 1. The Kier molecular flexibility index (Phi) is 7.44. The van der Waals surface area contributed by atoms with Gasteiger partial charge in [0.05, 0.1) is 6.20 Å². The fourth-order valence-corrected chi connectivity index (χ4v) is 2.67. The van der Waals surface area contributed by atoms with Gasteiger partial charge in [-0.15, -0.1) is 0 Å². The predicted octanol–water partition coefficient (Wildman–Crippen LogP) is 2.60. The average Bonchev–Trinajstić information content (AvgIpc) is 2.99. The number of nitrogens with zero attached hydrogens (tertiary/aromatic N) is 3. The van der Waals surface area contributed by atoms with Crippen molar-refractivity contribution in [3.8, 4) is 0 Å². The van der Waals surface area contributed by atoms with Crippen LogP contribution >= 0.6 is 0 Å². The van der Waals surface area contributed by atoms with E-state index in [0.717, 1.165) is 56.0 Å². The van der Waals surface area contributed by atoms with Crippen LogP contribution in [0.15, 0.2) is 35.6 Å². The number of hydrogen-bond donors (Lipinski definition) is 2. The van der Waals surface area contributed by atoms with Crippen molar-refractivity contribution >= 4 is 5.96 Å². The lowest BCUT2D eigenvalue weighted by molar-refractivity contribution is 0.625. The van der Waals surface area contributed by atoms with Crippen LogP contribution in [0.2, 0.25) is 0 Å². The lowest BCUT2D eigenvalue weighted by Crippen LogP contribution is -2.38. The van der Waals surface area contributed by atoms with E-state index in [9.17, 15) is 4.39 Å². The quantitative estimate of drug-likeness (QED) is 0.439. The Morgan fingerprint density at radius 1 is 1.28 bits per heavy atom. The summed E-state index contributed by atoms with van der Waals surface area (Å²) in [7, 11) is 1.93. The summed E-state index contributed by atoms with van der Waals surface area (Å²) >= 11 is 0. The summed E-state index contributed by atoms with van der Waals surface area (Å²) in [5, 5.41) is 10.8. The topological polar surface area (TPSA) is 54.2 Å². The zero-order chi connectivity index (χ0) is 18.1. The minimum atomic E-state index is -0.183. The lowest BCUT2D eigenvalue weighted by Gasteiger charge is -2.12. The van der Waals surface area contributed by atoms with Gasteiger partial charge in [-0.25, -0.2) is 4.39 Å². The zero-order valence-corrected chi connectivity index (χ0v) is 15.3. The standard InChI is InChI=1S/C19H28FN5/c1-4-21-19(22-10-5-6-16-13-24-25(3)14-16)23-11-9-17-7-8-18(20)12-15(17)2/h7-8,12-14H,4-6,9-11H2,1-3H3,(H2,21,22,23). The molecule has 2 rings (SSSR count). The fraction of sp³-hybridized carbons (Fsp3) is 0.474. The first-order valence-electron chi connectivity index (χ1n) is 8.83. The highest BCUT2D eigenvalue weighted by molar-refractivity contribution is 5.79. The van der Waals surface area contributed by atoms with Gasteiger partial charge in [0.25, 0.3) is 0 Å². The Bertz CT molecular complexity index is 693. The highest BCUT2D eigenvalue weighted by atomic mass is 19.1. The number of guanidine groups is 1. The molecule has 0 bridgehead atoms. The van der Waals surface area contributed by atoms with Crippen molar-refractivity contribution < 1.29 is 4.39 Å². The fourth-order valence-electron chi connectivity index (χ4n) is 2.67. The smallest absolute Gasteiger partial charge is 0.191 e. The third kappa shape index (κ3) is 6.57. The van der Waals surface area contributed by atoms with Crippen LogP contribution in [0.3, 0.4) is 0 Å². The number of rotatable bonds is 8. The second-order valence-corrected chi connectivity index (χ2v) is 6.13. The third-order valence-electron chi connectivity index (χ3n) is 3.99. The number of nitrogens with one attached hydrogen (secondary N) is 2. The van der Waals surface area contributed by atoms with Gasteiger partial charge >= 0.3 is 0 Å². The number of hydrogen-bond acceptors (Lipinski definition) is 2. The van der Waals surface area contributed by atoms with Crippen LogP contribution in [0.25, 0.3) is 0 Å². The summed E-state index contributed by atoms with van der Waals surface area (Å²) in [6, 6.07) is 4.94. The maximum Gasteiger partial charge on any atom is 0.191 e. The molecule has 0 unspecified atom stereocenters. The van der Waals surface area contributed by atoms with Crippen molar-refractivity contribution in [2.45, 2.75) is 33.1 Å². The van der Waals surface area contributed by atoms with Gasteiger partial charge in [0, 0.05) is 32.9 Å². The molecule has 0 saturated heterocycles. The molecule has 1 aromatic heterocycles. The second-order valence-electron chi connectivity index (χ2n) is 6.13. The zero-order valence-electron chi connectivity index (χ0n) is 15.3. The van der Waals surface area contributed by atoms with Gasteiger partial charge in [-0.1, -0.05) is 6.07 Å². The van der Waals surface area contributed by atoms with Gasteiger partial charge in [0.1, 0.15) is 5.82 Å². The lowest BCUT2D eigenvalue weighted by atomic mass is 10.1. The van der Waals surface area contributed by atoms with Crippen LogP contribution in [0.5, 0.6) is 0 Å². The third-order valence-corrected chi connectivity index (χ3v) is 3.99. The van der Waals surface area contributed by atoms with Gasteiger partial charge in [-0.05, 0) is 61.9 Å². The number of halogens is 1. The second kappa shape index (κ2) is 9.81. The first-order valence-corrected chi connectivity index (χ1v) is 8.83. The van der Waals surface area contributed by atoms with Crippen LogP contribution in [-0.2, 0) is 19.9 Å². The molecule has 25 heavy (non-hydrogen) atoms. The molecule has 0 aliphatic carbocycles. The van der Waals surface area contributed by atoms with Gasteiger partial charge in [-0.3, -0.25) is 9.67 Å². The maximum absolute atomic E-state index is 13.1. The molecule has 2 N–H and O–H groups in total. The van der Waals surface area contributed by atoms with E-state index in [0.29, 0.717) is 0 Å². The van der Waals surface area contributed by atoms with Crippen LogP contribution < -0.4 is 10.6 Å². The largest absolute Gasteiger partial charge is 0.357 e. The summed E-state index contributed by atoms with van der Waals surface area (Å²) in [4.78, 5) is 4.61. The van der Waals surface area contributed by atoms with Crippen molar-refractivity contribution in [1.29, 1.82) is 0 Å². The highest BCUT2D eigenvalue weighted by Gasteiger charge is 2.02. The summed E-state index contributed by atoms with van der Waals surface area (Å²) in [5.41, 5.74) is 3.38. The van der Waals surface area contributed by atoms with Crippen LogP contribution in [0, 0.1) is 12.7 Å². The Morgan fingerprint density at radius 3 is 2.80 bits per heavy atom. The summed E-state index contributed by atoms with van der Waals surface area (Å²) in [5.74, 6) is 0.645. The molecule has 0 amide bonds. The Hall–Kier alpha value is -2.37. The average molecular weight is 345 g/mol. The first-order chi connectivity index (χ1) is 12.1. The summed E-state index contributed by atoms with van der Waals surface area (Å²) < 4.78 is 15.0. The van der Waals surface area contributed by atoms with Crippen molar-refractivity contribution in [3.63, 3.8) is 0 Å². The minimum absolute atomic E-state index is 0.183. The van der Waals surface area contributed by atoms with E-state index in [4.69, 9.17) is 0 Å². The van der Waals surface area contributed by atoms with E-state index in [1.54, 1.807) is 6.07 Å². The monoisotopic (exact) mass is 345 g/mol. The SMILES string of the molecule is CCNC(=NCCCc1cnn(C)c1)NCCc1ccc(F)cc1C. The molecule has 0 atom stereocenters. The number of benzene rings is 1. The molecule has 1 heterocycles. The molecule has 0 radical (unpaired) electrons. The Balaban J connectivity index is 1.76. The molecule has 0 fully saturated rings. The van der Waals surface area contributed by atoms with Gasteiger partial charge in [-0.2, -0.15) is 5.10 Å². The molecule has 5 nitrogen and oxygen atoms in total. The summed E-state index contributed by atoms with van der Waals surface area (Å²) in [6.07, 6.45) is 6.74. The van der Waals surface area contributed by atoms with Crippen LogP contribution in [0.1, 0.15) is 30.0 Å². The van der Waals surface area contributed by atoms with Crippen molar-refractivity contribution in [2.75, 3.05) is 19.6 Å². The van der Waals surface area contributed by atoms with E-state index in [-0.39, 0.29) is 5.82 Å².